The third-order valence-electron chi connectivity index (χ3n) is 2.28. The zero-order valence-corrected chi connectivity index (χ0v) is 9.83. The van der Waals surface area contributed by atoms with Crippen molar-refractivity contribution in [3.8, 4) is 11.3 Å². The monoisotopic (exact) mass is 235 g/mol. The lowest BCUT2D eigenvalue weighted by molar-refractivity contribution is 0.655. The number of nitrogens with two attached hydrogens (primary N) is 1. The Balaban J connectivity index is 2.50. The molecule has 0 bridgehead atoms. The summed E-state index contributed by atoms with van der Waals surface area (Å²) in [7, 11) is 0. The standard InChI is InChI=1S/C11H13N3OS/c1-2-5-14-6-3-4-8(10(14)15)9-7-16-11(12)13-9/h3-4,6-7H,2,5H2,1H3,(H2,12,13). The Morgan fingerprint density at radius 2 is 2.38 bits per heavy atom. The van der Waals surface area contributed by atoms with E-state index in [9.17, 15) is 4.79 Å². The van der Waals surface area contributed by atoms with Gasteiger partial charge in [0, 0.05) is 18.1 Å². The quantitative estimate of drug-likeness (QED) is 0.884. The molecule has 2 aromatic rings. The van der Waals surface area contributed by atoms with E-state index < -0.39 is 0 Å². The number of anilines is 1. The summed E-state index contributed by atoms with van der Waals surface area (Å²) in [4.78, 5) is 16.2. The van der Waals surface area contributed by atoms with Crippen LogP contribution in [0, 0.1) is 0 Å². The predicted octanol–water partition coefficient (Wildman–Crippen LogP) is 1.96. The molecule has 2 heterocycles. The second-order valence-corrected chi connectivity index (χ2v) is 4.38. The molecular formula is C11H13N3OS. The fourth-order valence-electron chi connectivity index (χ4n) is 1.56. The summed E-state index contributed by atoms with van der Waals surface area (Å²) in [5.74, 6) is 0. The average molecular weight is 235 g/mol. The molecule has 16 heavy (non-hydrogen) atoms. The molecule has 0 aliphatic heterocycles. The number of aromatic nitrogens is 2. The molecule has 0 atom stereocenters. The molecule has 84 valence electrons. The fourth-order valence-corrected chi connectivity index (χ4v) is 2.12. The van der Waals surface area contributed by atoms with E-state index >= 15 is 0 Å². The highest BCUT2D eigenvalue weighted by Gasteiger charge is 2.08. The van der Waals surface area contributed by atoms with Gasteiger partial charge in [0.05, 0.1) is 11.3 Å². The van der Waals surface area contributed by atoms with Gasteiger partial charge in [-0.15, -0.1) is 11.3 Å². The second-order valence-electron chi connectivity index (χ2n) is 3.49. The van der Waals surface area contributed by atoms with Crippen molar-refractivity contribution >= 4 is 16.5 Å². The van der Waals surface area contributed by atoms with E-state index in [-0.39, 0.29) is 5.56 Å². The molecule has 2 N–H and O–H groups in total. The number of rotatable bonds is 3. The van der Waals surface area contributed by atoms with Crippen LogP contribution in [0.15, 0.2) is 28.5 Å². The normalized spacial score (nSPS) is 10.6. The molecule has 0 aliphatic carbocycles. The number of nitrogens with zero attached hydrogens (tertiary/aromatic N) is 2. The SMILES string of the molecule is CCCn1cccc(-c2csc(N)n2)c1=O. The molecule has 5 heteroatoms. The highest BCUT2D eigenvalue weighted by molar-refractivity contribution is 7.13. The van der Waals surface area contributed by atoms with Gasteiger partial charge in [-0.3, -0.25) is 4.79 Å². The lowest BCUT2D eigenvalue weighted by atomic mass is 10.2. The number of nitrogen functional groups attached to an aromatic ring is 1. The minimum atomic E-state index is -0.00495. The van der Waals surface area contributed by atoms with Crippen molar-refractivity contribution in [3.63, 3.8) is 0 Å². The van der Waals surface area contributed by atoms with Crippen molar-refractivity contribution in [2.24, 2.45) is 0 Å². The van der Waals surface area contributed by atoms with Gasteiger partial charge in [0.15, 0.2) is 5.13 Å². The highest BCUT2D eigenvalue weighted by atomic mass is 32.1. The lowest BCUT2D eigenvalue weighted by Gasteiger charge is -2.04. The Bertz CT molecular complexity index is 544. The predicted molar refractivity (Wildman–Crippen MR) is 66.5 cm³/mol. The van der Waals surface area contributed by atoms with E-state index in [2.05, 4.69) is 4.98 Å². The maximum Gasteiger partial charge on any atom is 0.260 e. The zero-order chi connectivity index (χ0) is 11.5. The van der Waals surface area contributed by atoms with Crippen LogP contribution >= 0.6 is 11.3 Å². The average Bonchev–Trinajstić information content (AvgIpc) is 2.68. The molecular weight excluding hydrogens is 222 g/mol. The molecule has 2 aromatic heterocycles. The molecule has 0 saturated carbocycles. The van der Waals surface area contributed by atoms with Crippen molar-refractivity contribution in [1.29, 1.82) is 0 Å². The maximum atomic E-state index is 12.1. The third kappa shape index (κ3) is 1.99. The Kier molecular flexibility index (Phi) is 3.05. The summed E-state index contributed by atoms with van der Waals surface area (Å²) >= 11 is 1.35. The van der Waals surface area contributed by atoms with Gasteiger partial charge in [0.25, 0.3) is 5.56 Å². The maximum absolute atomic E-state index is 12.1. The molecule has 0 saturated heterocycles. The number of thiazole rings is 1. The van der Waals surface area contributed by atoms with Gasteiger partial charge < -0.3 is 10.3 Å². The molecule has 0 unspecified atom stereocenters. The van der Waals surface area contributed by atoms with E-state index in [1.165, 1.54) is 11.3 Å². The van der Waals surface area contributed by atoms with Gasteiger partial charge in [0.2, 0.25) is 0 Å². The van der Waals surface area contributed by atoms with E-state index in [1.807, 2.05) is 18.4 Å². The first-order chi connectivity index (χ1) is 7.72. The Hall–Kier alpha value is -1.62. The van der Waals surface area contributed by atoms with Crippen LogP contribution in [-0.4, -0.2) is 9.55 Å². The minimum absolute atomic E-state index is 0.00495. The Morgan fingerprint density at radius 3 is 3.00 bits per heavy atom. The molecule has 4 nitrogen and oxygen atoms in total. The van der Waals surface area contributed by atoms with Crippen molar-refractivity contribution < 1.29 is 0 Å². The van der Waals surface area contributed by atoms with Crippen LogP contribution in [0.4, 0.5) is 5.13 Å². The van der Waals surface area contributed by atoms with Gasteiger partial charge in [-0.05, 0) is 18.6 Å². The number of pyridine rings is 1. The number of hydrogen-bond acceptors (Lipinski definition) is 4. The van der Waals surface area contributed by atoms with E-state index in [1.54, 1.807) is 16.8 Å². The molecule has 0 spiro atoms. The molecule has 0 amide bonds. The first-order valence-corrected chi connectivity index (χ1v) is 6.01. The number of hydrogen-bond donors (Lipinski definition) is 1. The summed E-state index contributed by atoms with van der Waals surface area (Å²) < 4.78 is 1.70. The van der Waals surface area contributed by atoms with E-state index in [4.69, 9.17) is 5.73 Å². The first kappa shape index (κ1) is 10.9. The van der Waals surface area contributed by atoms with Gasteiger partial charge in [-0.1, -0.05) is 6.92 Å². The smallest absolute Gasteiger partial charge is 0.260 e. The van der Waals surface area contributed by atoms with Crippen molar-refractivity contribution in [2.75, 3.05) is 5.73 Å². The lowest BCUT2D eigenvalue weighted by Crippen LogP contribution is -2.20. The summed E-state index contributed by atoms with van der Waals surface area (Å²) in [6.45, 7) is 2.77. The van der Waals surface area contributed by atoms with E-state index in [0.29, 0.717) is 16.4 Å². The summed E-state index contributed by atoms with van der Waals surface area (Å²) in [5, 5.41) is 2.29. The largest absolute Gasteiger partial charge is 0.375 e. The topological polar surface area (TPSA) is 60.9 Å². The van der Waals surface area contributed by atoms with Crippen LogP contribution in [0.2, 0.25) is 0 Å². The molecule has 0 aromatic carbocycles. The van der Waals surface area contributed by atoms with Crippen molar-refractivity contribution in [3.05, 3.63) is 34.1 Å². The van der Waals surface area contributed by atoms with Gasteiger partial charge in [0.1, 0.15) is 0 Å². The highest BCUT2D eigenvalue weighted by Crippen LogP contribution is 2.19. The van der Waals surface area contributed by atoms with Crippen LogP contribution in [0.3, 0.4) is 0 Å². The van der Waals surface area contributed by atoms with Gasteiger partial charge in [-0.25, -0.2) is 4.98 Å². The third-order valence-corrected chi connectivity index (χ3v) is 2.96. The van der Waals surface area contributed by atoms with Crippen LogP contribution in [-0.2, 0) is 6.54 Å². The Labute approximate surface area is 97.4 Å². The van der Waals surface area contributed by atoms with Crippen LogP contribution in [0.25, 0.3) is 11.3 Å². The van der Waals surface area contributed by atoms with E-state index in [0.717, 1.165) is 13.0 Å². The van der Waals surface area contributed by atoms with Crippen molar-refractivity contribution in [2.45, 2.75) is 19.9 Å². The molecule has 2 rings (SSSR count). The molecule has 0 aliphatic rings. The van der Waals surface area contributed by atoms with Crippen LogP contribution in [0.1, 0.15) is 13.3 Å². The summed E-state index contributed by atoms with van der Waals surface area (Å²) in [6.07, 6.45) is 2.73. The summed E-state index contributed by atoms with van der Waals surface area (Å²) in [6, 6.07) is 3.64. The van der Waals surface area contributed by atoms with Crippen molar-refractivity contribution in [1.82, 2.24) is 9.55 Å². The van der Waals surface area contributed by atoms with Gasteiger partial charge in [-0.2, -0.15) is 0 Å². The molecule has 0 fully saturated rings. The first-order valence-electron chi connectivity index (χ1n) is 5.13. The molecule has 0 radical (unpaired) electrons. The zero-order valence-electron chi connectivity index (χ0n) is 9.01. The number of aryl methyl sites for hydroxylation is 1. The fraction of sp³-hybridized carbons (Fsp3) is 0.273. The van der Waals surface area contributed by atoms with Gasteiger partial charge >= 0.3 is 0 Å². The summed E-state index contributed by atoms with van der Waals surface area (Å²) in [5.41, 5.74) is 6.84. The second kappa shape index (κ2) is 4.49. The van der Waals surface area contributed by atoms with Crippen LogP contribution < -0.4 is 11.3 Å². The van der Waals surface area contributed by atoms with Crippen LogP contribution in [0.5, 0.6) is 0 Å². The minimum Gasteiger partial charge on any atom is -0.375 e. The Morgan fingerprint density at radius 1 is 1.56 bits per heavy atom.